The minimum atomic E-state index is -3.77. The van der Waals surface area contributed by atoms with Gasteiger partial charge in [-0.15, -0.1) is 0 Å². The van der Waals surface area contributed by atoms with Crippen LogP contribution in [0.4, 0.5) is 5.69 Å². The summed E-state index contributed by atoms with van der Waals surface area (Å²) in [4.78, 5) is 0.0253. The number of nitrogens with two attached hydrogens (primary N) is 2. The Bertz CT molecular complexity index is 735. The molecule has 7 heteroatoms. The second kappa shape index (κ2) is 5.26. The molecule has 1 aromatic carbocycles. The molecule has 0 atom stereocenters. The van der Waals surface area contributed by atoms with Gasteiger partial charge in [-0.2, -0.15) is 5.10 Å². The first-order valence-electron chi connectivity index (χ1n) is 6.37. The third kappa shape index (κ3) is 2.68. The fraction of sp³-hybridized carbons (Fsp3) is 0.308. The molecule has 0 radical (unpaired) electrons. The van der Waals surface area contributed by atoms with Crippen molar-refractivity contribution < 1.29 is 8.42 Å². The first-order chi connectivity index (χ1) is 9.36. The van der Waals surface area contributed by atoms with Gasteiger partial charge in [0.15, 0.2) is 0 Å². The summed E-state index contributed by atoms with van der Waals surface area (Å²) in [5.74, 6) is 0. The number of aryl methyl sites for hydroxylation is 2. The number of sulfonamides is 1. The lowest BCUT2D eigenvalue weighted by Crippen LogP contribution is -2.14. The maximum atomic E-state index is 11.5. The van der Waals surface area contributed by atoms with Crippen molar-refractivity contribution in [1.29, 1.82) is 0 Å². The number of hydrogen-bond donors (Lipinski definition) is 2. The molecule has 0 bridgehead atoms. The predicted octanol–water partition coefficient (Wildman–Crippen LogP) is 1.23. The van der Waals surface area contributed by atoms with E-state index in [9.17, 15) is 8.42 Å². The zero-order chi connectivity index (χ0) is 14.9. The molecule has 108 valence electrons. The van der Waals surface area contributed by atoms with E-state index in [0.29, 0.717) is 11.4 Å². The topological polar surface area (TPSA) is 104 Å². The van der Waals surface area contributed by atoms with E-state index >= 15 is 0 Å². The van der Waals surface area contributed by atoms with Crippen LogP contribution >= 0.6 is 0 Å². The normalized spacial score (nSPS) is 11.8. The van der Waals surface area contributed by atoms with Gasteiger partial charge < -0.3 is 5.73 Å². The molecule has 6 nitrogen and oxygen atoms in total. The molecule has 1 aromatic heterocycles. The third-order valence-electron chi connectivity index (χ3n) is 3.12. The summed E-state index contributed by atoms with van der Waals surface area (Å²) in [6.45, 7) is 4.02. The number of rotatable bonds is 4. The molecule has 0 spiro atoms. The van der Waals surface area contributed by atoms with E-state index in [2.05, 4.69) is 5.10 Å². The Morgan fingerprint density at radius 3 is 2.45 bits per heavy atom. The van der Waals surface area contributed by atoms with Crippen molar-refractivity contribution in [3.05, 3.63) is 35.7 Å². The second-order valence-corrected chi connectivity index (χ2v) is 6.07. The van der Waals surface area contributed by atoms with E-state index in [1.165, 1.54) is 18.2 Å². The Morgan fingerprint density at radius 2 is 1.90 bits per heavy atom. The lowest BCUT2D eigenvalue weighted by atomic mass is 10.2. The molecule has 0 unspecified atom stereocenters. The zero-order valence-corrected chi connectivity index (χ0v) is 12.3. The first-order valence-corrected chi connectivity index (χ1v) is 7.92. The zero-order valence-electron chi connectivity index (χ0n) is 11.5. The average molecular weight is 294 g/mol. The maximum absolute atomic E-state index is 11.5. The van der Waals surface area contributed by atoms with Gasteiger partial charge in [0, 0.05) is 5.69 Å². The molecule has 0 aliphatic rings. The van der Waals surface area contributed by atoms with Crippen LogP contribution in [0.2, 0.25) is 0 Å². The highest BCUT2D eigenvalue weighted by atomic mass is 32.2. The summed E-state index contributed by atoms with van der Waals surface area (Å²) in [5, 5.41) is 9.61. The Labute approximate surface area is 118 Å². The number of anilines is 1. The van der Waals surface area contributed by atoms with Crippen LogP contribution in [-0.2, 0) is 22.9 Å². The number of aromatic nitrogens is 2. The lowest BCUT2D eigenvalue weighted by Gasteiger charge is -2.10. The average Bonchev–Trinajstić information content (AvgIpc) is 2.81. The molecule has 0 amide bonds. The van der Waals surface area contributed by atoms with Gasteiger partial charge in [0.25, 0.3) is 0 Å². The minimum absolute atomic E-state index is 0.0253. The van der Waals surface area contributed by atoms with Crippen molar-refractivity contribution in [1.82, 2.24) is 9.78 Å². The van der Waals surface area contributed by atoms with Crippen molar-refractivity contribution in [3.63, 3.8) is 0 Å². The highest BCUT2D eigenvalue weighted by Crippen LogP contribution is 2.23. The van der Waals surface area contributed by atoms with Crippen LogP contribution < -0.4 is 10.9 Å². The molecular formula is C13H18N4O2S. The van der Waals surface area contributed by atoms with Gasteiger partial charge in [-0.25, -0.2) is 18.2 Å². The Kier molecular flexibility index (Phi) is 3.82. The summed E-state index contributed by atoms with van der Waals surface area (Å²) < 4.78 is 24.6. The molecule has 4 N–H and O–H groups in total. The van der Waals surface area contributed by atoms with Gasteiger partial charge >= 0.3 is 0 Å². The van der Waals surface area contributed by atoms with E-state index in [0.717, 1.165) is 24.2 Å². The number of nitrogens with zero attached hydrogens (tertiary/aromatic N) is 2. The minimum Gasteiger partial charge on any atom is -0.397 e. The van der Waals surface area contributed by atoms with Crippen LogP contribution in [0.5, 0.6) is 0 Å². The van der Waals surface area contributed by atoms with Crippen molar-refractivity contribution in [2.75, 3.05) is 5.73 Å². The van der Waals surface area contributed by atoms with Gasteiger partial charge in [-0.1, -0.05) is 13.8 Å². The summed E-state index contributed by atoms with van der Waals surface area (Å²) in [6, 6.07) is 6.37. The fourth-order valence-corrected chi connectivity index (χ4v) is 2.53. The smallest absolute Gasteiger partial charge is 0.238 e. The molecule has 0 aliphatic carbocycles. The maximum Gasteiger partial charge on any atom is 0.238 e. The quantitative estimate of drug-likeness (QED) is 0.827. The number of hydrogen-bond acceptors (Lipinski definition) is 4. The van der Waals surface area contributed by atoms with Crippen molar-refractivity contribution in [3.8, 4) is 5.69 Å². The van der Waals surface area contributed by atoms with Crippen LogP contribution in [0.15, 0.2) is 29.2 Å². The molecule has 20 heavy (non-hydrogen) atoms. The van der Waals surface area contributed by atoms with Crippen molar-refractivity contribution in [2.24, 2.45) is 5.14 Å². The molecular weight excluding hydrogens is 276 g/mol. The highest BCUT2D eigenvalue weighted by molar-refractivity contribution is 7.89. The molecule has 0 fully saturated rings. The van der Waals surface area contributed by atoms with Crippen molar-refractivity contribution >= 4 is 15.7 Å². The molecule has 0 saturated carbocycles. The summed E-state index contributed by atoms with van der Waals surface area (Å²) in [7, 11) is -3.77. The molecule has 2 aromatic rings. The van der Waals surface area contributed by atoms with Crippen LogP contribution in [0, 0.1) is 0 Å². The van der Waals surface area contributed by atoms with E-state index in [1.807, 2.05) is 19.9 Å². The van der Waals surface area contributed by atoms with Gasteiger partial charge in [0.05, 0.1) is 22.0 Å². The number of primary sulfonamides is 1. The Balaban J connectivity index is 2.65. The summed E-state index contributed by atoms with van der Waals surface area (Å²) in [6.07, 6.45) is 1.57. The second-order valence-electron chi connectivity index (χ2n) is 4.51. The lowest BCUT2D eigenvalue weighted by molar-refractivity contribution is 0.597. The largest absolute Gasteiger partial charge is 0.397 e. The SMILES string of the molecule is CCc1cc(CC)n(-c2cc(S(N)(=O)=O)ccc2N)n1. The molecule has 0 aliphatic heterocycles. The van der Waals surface area contributed by atoms with Gasteiger partial charge in [-0.05, 0) is 37.1 Å². The van der Waals surface area contributed by atoms with Crippen LogP contribution in [0.1, 0.15) is 25.2 Å². The van der Waals surface area contributed by atoms with E-state index in [4.69, 9.17) is 10.9 Å². The van der Waals surface area contributed by atoms with Crippen LogP contribution in [0.3, 0.4) is 0 Å². The van der Waals surface area contributed by atoms with E-state index in [1.54, 1.807) is 4.68 Å². The Morgan fingerprint density at radius 1 is 1.20 bits per heavy atom. The van der Waals surface area contributed by atoms with Crippen LogP contribution in [-0.4, -0.2) is 18.2 Å². The van der Waals surface area contributed by atoms with Gasteiger partial charge in [-0.3, -0.25) is 0 Å². The number of benzene rings is 1. The molecule has 1 heterocycles. The fourth-order valence-electron chi connectivity index (χ4n) is 1.99. The van der Waals surface area contributed by atoms with Gasteiger partial charge in [0.1, 0.15) is 0 Å². The summed E-state index contributed by atoms with van der Waals surface area (Å²) >= 11 is 0. The third-order valence-corrected chi connectivity index (χ3v) is 4.03. The first kappa shape index (κ1) is 14.5. The van der Waals surface area contributed by atoms with Crippen molar-refractivity contribution in [2.45, 2.75) is 31.6 Å². The molecule has 0 saturated heterocycles. The standard InChI is InChI=1S/C13H18N4O2S/c1-3-9-7-10(4-2)17(16-9)13-8-11(20(15,18)19)5-6-12(13)14/h5-8H,3-4,14H2,1-2H3,(H2,15,18,19). The monoisotopic (exact) mass is 294 g/mol. The highest BCUT2D eigenvalue weighted by Gasteiger charge is 2.14. The van der Waals surface area contributed by atoms with Gasteiger partial charge in [0.2, 0.25) is 10.0 Å². The Hall–Kier alpha value is -1.86. The van der Waals surface area contributed by atoms with E-state index < -0.39 is 10.0 Å². The van der Waals surface area contributed by atoms with Crippen LogP contribution in [0.25, 0.3) is 5.69 Å². The number of nitrogen functional groups attached to an aromatic ring is 1. The van der Waals surface area contributed by atoms with E-state index in [-0.39, 0.29) is 4.90 Å². The molecule has 2 rings (SSSR count). The predicted molar refractivity (Wildman–Crippen MR) is 78.1 cm³/mol. The summed E-state index contributed by atoms with van der Waals surface area (Å²) in [5.41, 5.74) is 8.84.